The Kier molecular flexibility index (Phi) is 3.99. The van der Waals surface area contributed by atoms with Gasteiger partial charge in [0.25, 0.3) is 0 Å². The van der Waals surface area contributed by atoms with Crippen LogP contribution in [0, 0.1) is 0 Å². The number of anilines is 1. The first kappa shape index (κ1) is 12.9. The zero-order chi connectivity index (χ0) is 13.1. The lowest BCUT2D eigenvalue weighted by molar-refractivity contribution is 0.0821. The molecule has 2 heterocycles. The molecule has 0 amide bonds. The van der Waals surface area contributed by atoms with Crippen LogP contribution in [0.3, 0.4) is 0 Å². The lowest BCUT2D eigenvalue weighted by Gasteiger charge is -2.24. The van der Waals surface area contributed by atoms with Gasteiger partial charge in [-0.1, -0.05) is 0 Å². The molecular formula is C15H23N3O. The lowest BCUT2D eigenvalue weighted by atomic mass is 10.2. The number of ether oxygens (including phenoxy) is 1. The number of pyridine rings is 1. The number of rotatable bonds is 4. The predicted molar refractivity (Wildman–Crippen MR) is 76.3 cm³/mol. The Bertz CT molecular complexity index is 420. The molecule has 1 aromatic heterocycles. The average molecular weight is 261 g/mol. The zero-order valence-electron chi connectivity index (χ0n) is 11.6. The smallest absolute Gasteiger partial charge is 0.0721 e. The summed E-state index contributed by atoms with van der Waals surface area (Å²) < 4.78 is 5.70. The van der Waals surface area contributed by atoms with Crippen molar-refractivity contribution in [3.63, 3.8) is 0 Å². The monoisotopic (exact) mass is 261 g/mol. The SMILES string of the molecule is CC1CN(c2ccnc(CNC3CC3)c2)CCCO1. The van der Waals surface area contributed by atoms with Crippen molar-refractivity contribution in [2.75, 3.05) is 24.6 Å². The van der Waals surface area contributed by atoms with Crippen LogP contribution in [0.1, 0.15) is 31.9 Å². The van der Waals surface area contributed by atoms with E-state index < -0.39 is 0 Å². The van der Waals surface area contributed by atoms with Crippen molar-refractivity contribution >= 4 is 5.69 Å². The molecule has 104 valence electrons. The van der Waals surface area contributed by atoms with Gasteiger partial charge in [-0.3, -0.25) is 4.98 Å². The maximum Gasteiger partial charge on any atom is 0.0721 e. The quantitative estimate of drug-likeness (QED) is 0.899. The van der Waals surface area contributed by atoms with Gasteiger partial charge in [-0.05, 0) is 38.3 Å². The van der Waals surface area contributed by atoms with E-state index in [9.17, 15) is 0 Å². The number of hydrogen-bond acceptors (Lipinski definition) is 4. The first-order valence-corrected chi connectivity index (χ1v) is 7.36. The Labute approximate surface area is 115 Å². The zero-order valence-corrected chi connectivity index (χ0v) is 11.6. The summed E-state index contributed by atoms with van der Waals surface area (Å²) in [6.45, 7) is 5.95. The fourth-order valence-electron chi connectivity index (χ4n) is 2.52. The minimum atomic E-state index is 0.309. The normalized spacial score (nSPS) is 24.3. The summed E-state index contributed by atoms with van der Waals surface area (Å²) in [5, 5.41) is 3.52. The van der Waals surface area contributed by atoms with Crippen LogP contribution >= 0.6 is 0 Å². The van der Waals surface area contributed by atoms with Gasteiger partial charge < -0.3 is 15.0 Å². The van der Waals surface area contributed by atoms with Crippen LogP contribution in [-0.2, 0) is 11.3 Å². The fraction of sp³-hybridized carbons (Fsp3) is 0.667. The molecule has 19 heavy (non-hydrogen) atoms. The summed E-state index contributed by atoms with van der Waals surface area (Å²) in [7, 11) is 0. The molecule has 1 saturated heterocycles. The van der Waals surface area contributed by atoms with E-state index in [-0.39, 0.29) is 0 Å². The Morgan fingerprint density at radius 1 is 1.47 bits per heavy atom. The minimum Gasteiger partial charge on any atom is -0.377 e. The highest BCUT2D eigenvalue weighted by molar-refractivity contribution is 5.46. The van der Waals surface area contributed by atoms with E-state index >= 15 is 0 Å². The second-order valence-electron chi connectivity index (χ2n) is 5.64. The van der Waals surface area contributed by atoms with Gasteiger partial charge in [0.05, 0.1) is 11.8 Å². The Balaban J connectivity index is 1.66. The molecule has 4 heteroatoms. The summed E-state index contributed by atoms with van der Waals surface area (Å²) in [5.74, 6) is 0. The van der Waals surface area contributed by atoms with Crippen LogP contribution in [0.25, 0.3) is 0 Å². The first-order valence-electron chi connectivity index (χ1n) is 7.36. The molecule has 1 aromatic rings. The fourth-order valence-corrected chi connectivity index (χ4v) is 2.52. The van der Waals surface area contributed by atoms with Crippen LogP contribution in [-0.4, -0.2) is 36.8 Å². The molecule has 3 rings (SSSR count). The lowest BCUT2D eigenvalue weighted by Crippen LogP contribution is -2.30. The summed E-state index contributed by atoms with van der Waals surface area (Å²) in [6, 6.07) is 5.06. The third kappa shape index (κ3) is 3.67. The van der Waals surface area contributed by atoms with E-state index in [1.165, 1.54) is 18.5 Å². The van der Waals surface area contributed by atoms with Gasteiger partial charge in [-0.15, -0.1) is 0 Å². The third-order valence-electron chi connectivity index (χ3n) is 3.77. The van der Waals surface area contributed by atoms with Gasteiger partial charge >= 0.3 is 0 Å². The van der Waals surface area contributed by atoms with E-state index in [0.29, 0.717) is 6.10 Å². The van der Waals surface area contributed by atoms with E-state index in [0.717, 1.165) is 44.4 Å². The summed E-state index contributed by atoms with van der Waals surface area (Å²) in [6.07, 6.45) is 5.97. The summed E-state index contributed by atoms with van der Waals surface area (Å²) in [5.41, 5.74) is 2.42. The Morgan fingerprint density at radius 3 is 3.21 bits per heavy atom. The molecule has 1 aliphatic carbocycles. The molecule has 0 aromatic carbocycles. The van der Waals surface area contributed by atoms with Gasteiger partial charge in [0.1, 0.15) is 0 Å². The van der Waals surface area contributed by atoms with E-state index in [4.69, 9.17) is 4.74 Å². The standard InChI is InChI=1S/C15H23N3O/c1-12-11-18(7-2-8-19-12)15-5-6-16-14(9-15)10-17-13-3-4-13/h5-6,9,12-13,17H,2-4,7-8,10-11H2,1H3. The highest BCUT2D eigenvalue weighted by Crippen LogP contribution is 2.21. The molecule has 1 saturated carbocycles. The molecule has 1 aliphatic heterocycles. The van der Waals surface area contributed by atoms with Crippen LogP contribution < -0.4 is 10.2 Å². The van der Waals surface area contributed by atoms with Crippen LogP contribution in [0.5, 0.6) is 0 Å². The second kappa shape index (κ2) is 5.88. The van der Waals surface area contributed by atoms with Crippen LogP contribution in [0.4, 0.5) is 5.69 Å². The molecule has 0 spiro atoms. The van der Waals surface area contributed by atoms with Crippen molar-refractivity contribution in [1.29, 1.82) is 0 Å². The van der Waals surface area contributed by atoms with Crippen molar-refractivity contribution in [3.8, 4) is 0 Å². The maximum atomic E-state index is 5.70. The summed E-state index contributed by atoms with van der Waals surface area (Å²) in [4.78, 5) is 6.87. The number of hydrogen-bond donors (Lipinski definition) is 1. The van der Waals surface area contributed by atoms with Crippen molar-refractivity contribution in [2.45, 2.75) is 44.9 Å². The van der Waals surface area contributed by atoms with Crippen molar-refractivity contribution in [2.24, 2.45) is 0 Å². The van der Waals surface area contributed by atoms with E-state index in [1.54, 1.807) is 0 Å². The highest BCUT2D eigenvalue weighted by atomic mass is 16.5. The largest absolute Gasteiger partial charge is 0.377 e. The average Bonchev–Trinajstić information content (AvgIpc) is 3.24. The first-order chi connectivity index (χ1) is 9.31. The van der Waals surface area contributed by atoms with Gasteiger partial charge in [-0.25, -0.2) is 0 Å². The van der Waals surface area contributed by atoms with Gasteiger partial charge in [-0.2, -0.15) is 0 Å². The number of nitrogens with zero attached hydrogens (tertiary/aromatic N) is 2. The van der Waals surface area contributed by atoms with E-state index in [1.807, 2.05) is 6.20 Å². The van der Waals surface area contributed by atoms with Gasteiger partial charge in [0.2, 0.25) is 0 Å². The molecule has 2 fully saturated rings. The molecule has 1 unspecified atom stereocenters. The molecule has 1 atom stereocenters. The minimum absolute atomic E-state index is 0.309. The molecular weight excluding hydrogens is 238 g/mol. The highest BCUT2D eigenvalue weighted by Gasteiger charge is 2.20. The van der Waals surface area contributed by atoms with Gasteiger partial charge in [0.15, 0.2) is 0 Å². The Hall–Kier alpha value is -1.13. The maximum absolute atomic E-state index is 5.70. The molecule has 0 radical (unpaired) electrons. The van der Waals surface area contributed by atoms with Crippen molar-refractivity contribution in [1.82, 2.24) is 10.3 Å². The van der Waals surface area contributed by atoms with Crippen LogP contribution in [0.15, 0.2) is 18.3 Å². The van der Waals surface area contributed by atoms with E-state index in [2.05, 4.69) is 34.3 Å². The molecule has 4 nitrogen and oxygen atoms in total. The third-order valence-corrected chi connectivity index (χ3v) is 3.77. The van der Waals surface area contributed by atoms with Gasteiger partial charge in [0, 0.05) is 44.2 Å². The summed E-state index contributed by atoms with van der Waals surface area (Å²) >= 11 is 0. The number of aromatic nitrogens is 1. The second-order valence-corrected chi connectivity index (χ2v) is 5.64. The number of nitrogens with one attached hydrogen (secondary N) is 1. The van der Waals surface area contributed by atoms with Crippen molar-refractivity contribution < 1.29 is 4.74 Å². The molecule has 1 N–H and O–H groups in total. The van der Waals surface area contributed by atoms with Crippen molar-refractivity contribution in [3.05, 3.63) is 24.0 Å². The van der Waals surface area contributed by atoms with Crippen LogP contribution in [0.2, 0.25) is 0 Å². The predicted octanol–water partition coefficient (Wildman–Crippen LogP) is 1.95. The topological polar surface area (TPSA) is 37.4 Å². The molecule has 2 aliphatic rings. The molecule has 0 bridgehead atoms. The Morgan fingerprint density at radius 2 is 2.37 bits per heavy atom.